The van der Waals surface area contributed by atoms with Gasteiger partial charge in [-0.1, -0.05) is 11.6 Å². The number of halogens is 1. The Morgan fingerprint density at radius 2 is 1.89 bits per heavy atom. The number of likely N-dealkylation sites (tertiary alicyclic amines) is 1. The van der Waals surface area contributed by atoms with Crippen LogP contribution in [0.5, 0.6) is 5.75 Å². The van der Waals surface area contributed by atoms with Crippen molar-refractivity contribution in [3.8, 4) is 5.75 Å². The van der Waals surface area contributed by atoms with Gasteiger partial charge in [-0.25, -0.2) is 8.42 Å². The van der Waals surface area contributed by atoms with Crippen molar-refractivity contribution in [2.45, 2.75) is 31.6 Å². The molecule has 0 bridgehead atoms. The monoisotopic (exact) mass is 411 g/mol. The maximum atomic E-state index is 13.1. The van der Waals surface area contributed by atoms with Crippen LogP contribution in [0.1, 0.15) is 34.6 Å². The number of aryl methyl sites for hydroxylation is 2. The number of hydrogen-bond acceptors (Lipinski definition) is 4. The van der Waals surface area contributed by atoms with E-state index in [-0.39, 0.29) is 21.4 Å². The Balaban J connectivity index is 1.99. The van der Waals surface area contributed by atoms with Gasteiger partial charge in [0.05, 0.1) is 23.4 Å². The van der Waals surface area contributed by atoms with Gasteiger partial charge in [0.1, 0.15) is 10.6 Å². The number of H-pyrrole nitrogens is 1. The molecule has 7 nitrogen and oxygen atoms in total. The van der Waals surface area contributed by atoms with E-state index in [2.05, 4.69) is 9.71 Å². The van der Waals surface area contributed by atoms with E-state index in [1.165, 1.54) is 13.2 Å². The summed E-state index contributed by atoms with van der Waals surface area (Å²) in [5.74, 6) is 0.181. The molecule has 1 amide bonds. The minimum absolute atomic E-state index is 0.0242. The van der Waals surface area contributed by atoms with Crippen LogP contribution < -0.4 is 9.46 Å². The minimum Gasteiger partial charge on any atom is -0.495 e. The van der Waals surface area contributed by atoms with Crippen molar-refractivity contribution in [1.82, 2.24) is 9.88 Å². The molecule has 9 heteroatoms. The van der Waals surface area contributed by atoms with Crippen LogP contribution in [0.25, 0.3) is 0 Å². The smallest absolute Gasteiger partial charge is 0.264 e. The second-order valence-electron chi connectivity index (χ2n) is 6.53. The van der Waals surface area contributed by atoms with Crippen molar-refractivity contribution in [2.75, 3.05) is 24.9 Å². The number of anilines is 1. The average molecular weight is 412 g/mol. The second-order valence-corrected chi connectivity index (χ2v) is 8.56. The number of aromatic amines is 1. The quantitative estimate of drug-likeness (QED) is 0.789. The number of sulfonamides is 1. The number of carbonyl (C=O) groups is 1. The summed E-state index contributed by atoms with van der Waals surface area (Å²) in [6.45, 7) is 4.63. The molecule has 27 heavy (non-hydrogen) atoms. The molecule has 0 unspecified atom stereocenters. The molecule has 0 radical (unpaired) electrons. The van der Waals surface area contributed by atoms with Crippen LogP contribution in [0.15, 0.2) is 23.1 Å². The first-order chi connectivity index (χ1) is 12.7. The molecule has 2 N–H and O–H groups in total. The molecule has 0 aliphatic carbocycles. The Hall–Kier alpha value is -2.19. The predicted molar refractivity (Wildman–Crippen MR) is 104 cm³/mol. The Kier molecular flexibility index (Phi) is 5.39. The van der Waals surface area contributed by atoms with E-state index in [4.69, 9.17) is 16.3 Å². The zero-order valence-corrected chi connectivity index (χ0v) is 17.0. The fourth-order valence-corrected chi connectivity index (χ4v) is 5.13. The van der Waals surface area contributed by atoms with Gasteiger partial charge in [-0.3, -0.25) is 9.52 Å². The zero-order valence-electron chi connectivity index (χ0n) is 15.4. The van der Waals surface area contributed by atoms with Crippen molar-refractivity contribution in [3.63, 3.8) is 0 Å². The largest absolute Gasteiger partial charge is 0.495 e. The molecule has 2 heterocycles. The normalized spacial score (nSPS) is 14.4. The van der Waals surface area contributed by atoms with Gasteiger partial charge in [0.15, 0.2) is 0 Å². The first-order valence-electron chi connectivity index (χ1n) is 8.59. The van der Waals surface area contributed by atoms with Gasteiger partial charge in [-0.2, -0.15) is 0 Å². The van der Waals surface area contributed by atoms with Crippen molar-refractivity contribution >= 4 is 33.2 Å². The summed E-state index contributed by atoms with van der Waals surface area (Å²) >= 11 is 6.08. The number of nitrogens with one attached hydrogen (secondary N) is 2. The maximum absolute atomic E-state index is 13.1. The molecular weight excluding hydrogens is 390 g/mol. The van der Waals surface area contributed by atoms with Gasteiger partial charge in [0.25, 0.3) is 15.9 Å². The molecule has 2 aromatic rings. The van der Waals surface area contributed by atoms with Gasteiger partial charge in [-0.05, 0) is 44.9 Å². The summed E-state index contributed by atoms with van der Waals surface area (Å²) in [7, 11) is -2.51. The van der Waals surface area contributed by atoms with E-state index in [9.17, 15) is 13.2 Å². The van der Waals surface area contributed by atoms with Crippen molar-refractivity contribution in [3.05, 3.63) is 40.2 Å². The standard InChI is InChI=1S/C18H22ClN3O4S/c1-11-16(18(23)22-8-4-5-9-22)17(12(2)20-11)27(24,25)21-13-6-7-15(26-3)14(19)10-13/h6-7,10,20-21H,4-5,8-9H2,1-3H3. The van der Waals surface area contributed by atoms with Crippen LogP contribution in [-0.2, 0) is 10.0 Å². The number of methoxy groups -OCH3 is 1. The Morgan fingerprint density at radius 3 is 2.48 bits per heavy atom. The zero-order chi connectivity index (χ0) is 19.8. The lowest BCUT2D eigenvalue weighted by atomic mass is 10.2. The lowest BCUT2D eigenvalue weighted by molar-refractivity contribution is 0.0788. The predicted octanol–water partition coefficient (Wildman–Crippen LogP) is 3.33. The third-order valence-electron chi connectivity index (χ3n) is 4.60. The van der Waals surface area contributed by atoms with Crippen LogP contribution >= 0.6 is 11.6 Å². The Morgan fingerprint density at radius 1 is 1.22 bits per heavy atom. The lowest BCUT2D eigenvalue weighted by Gasteiger charge is -2.17. The summed E-state index contributed by atoms with van der Waals surface area (Å²) in [4.78, 5) is 17.6. The topological polar surface area (TPSA) is 91.5 Å². The molecule has 0 saturated carbocycles. The SMILES string of the molecule is COc1ccc(NS(=O)(=O)c2c(C)[nH]c(C)c2C(=O)N2CCCC2)cc1Cl. The fourth-order valence-electron chi connectivity index (χ4n) is 3.37. The number of rotatable bonds is 5. The van der Waals surface area contributed by atoms with E-state index in [0.717, 1.165) is 12.8 Å². The summed E-state index contributed by atoms with van der Waals surface area (Å²) < 4.78 is 33.7. The molecule has 3 rings (SSSR count). The van der Waals surface area contributed by atoms with E-state index in [0.29, 0.717) is 35.9 Å². The van der Waals surface area contributed by atoms with Crippen molar-refractivity contribution < 1.29 is 17.9 Å². The third-order valence-corrected chi connectivity index (χ3v) is 6.45. The van der Waals surface area contributed by atoms with Gasteiger partial charge >= 0.3 is 0 Å². The molecule has 1 aromatic heterocycles. The first-order valence-corrected chi connectivity index (χ1v) is 10.5. The summed E-state index contributed by atoms with van der Waals surface area (Å²) in [5, 5.41) is 0.285. The third kappa shape index (κ3) is 3.77. The molecular formula is C18H22ClN3O4S. The molecule has 0 spiro atoms. The lowest BCUT2D eigenvalue weighted by Crippen LogP contribution is -2.29. The second kappa shape index (κ2) is 7.44. The number of benzene rings is 1. The van der Waals surface area contributed by atoms with E-state index >= 15 is 0 Å². The van der Waals surface area contributed by atoms with Crippen LogP contribution in [0, 0.1) is 13.8 Å². The van der Waals surface area contributed by atoms with Crippen LogP contribution in [0.3, 0.4) is 0 Å². The highest BCUT2D eigenvalue weighted by atomic mass is 35.5. The van der Waals surface area contributed by atoms with Gasteiger partial charge < -0.3 is 14.6 Å². The molecule has 1 aliphatic rings. The number of aromatic nitrogens is 1. The van der Waals surface area contributed by atoms with Crippen LogP contribution in [0.2, 0.25) is 5.02 Å². The van der Waals surface area contributed by atoms with Gasteiger partial charge in [0, 0.05) is 24.5 Å². The van der Waals surface area contributed by atoms with Crippen molar-refractivity contribution in [1.29, 1.82) is 0 Å². The number of amides is 1. The highest BCUT2D eigenvalue weighted by molar-refractivity contribution is 7.92. The Bertz CT molecular complexity index is 979. The number of ether oxygens (including phenoxy) is 1. The van der Waals surface area contributed by atoms with Gasteiger partial charge in [-0.15, -0.1) is 0 Å². The molecule has 1 aliphatic heterocycles. The molecule has 0 atom stereocenters. The van der Waals surface area contributed by atoms with Crippen LogP contribution in [-0.4, -0.2) is 44.4 Å². The number of nitrogens with zero attached hydrogens (tertiary/aromatic N) is 1. The maximum Gasteiger partial charge on any atom is 0.264 e. The molecule has 146 valence electrons. The summed E-state index contributed by atoms with van der Waals surface area (Å²) in [6, 6.07) is 4.60. The van der Waals surface area contributed by atoms with Gasteiger partial charge in [0.2, 0.25) is 0 Å². The molecule has 1 fully saturated rings. The highest BCUT2D eigenvalue weighted by Crippen LogP contribution is 2.31. The Labute approximate surface area is 163 Å². The summed E-state index contributed by atoms with van der Waals surface area (Å²) in [5.41, 5.74) is 1.44. The summed E-state index contributed by atoms with van der Waals surface area (Å²) in [6.07, 6.45) is 1.86. The molecule has 1 saturated heterocycles. The highest BCUT2D eigenvalue weighted by Gasteiger charge is 2.32. The van der Waals surface area contributed by atoms with E-state index in [1.54, 1.807) is 30.9 Å². The first kappa shape index (κ1) is 19.6. The van der Waals surface area contributed by atoms with Crippen molar-refractivity contribution in [2.24, 2.45) is 0 Å². The average Bonchev–Trinajstić information content (AvgIpc) is 3.22. The minimum atomic E-state index is -3.99. The fraction of sp³-hybridized carbons (Fsp3) is 0.389. The number of hydrogen-bond donors (Lipinski definition) is 2. The number of carbonyl (C=O) groups excluding carboxylic acids is 1. The molecule has 1 aromatic carbocycles. The van der Waals surface area contributed by atoms with E-state index < -0.39 is 10.0 Å². The van der Waals surface area contributed by atoms with Crippen LogP contribution in [0.4, 0.5) is 5.69 Å². The van der Waals surface area contributed by atoms with E-state index in [1.807, 2.05) is 0 Å².